The third-order valence-corrected chi connectivity index (χ3v) is 5.30. The predicted molar refractivity (Wildman–Crippen MR) is 113 cm³/mol. The van der Waals surface area contributed by atoms with E-state index in [0.29, 0.717) is 24.7 Å². The molecule has 0 bridgehead atoms. The van der Waals surface area contributed by atoms with Gasteiger partial charge in [0.25, 0.3) is 5.91 Å². The molecule has 0 saturated heterocycles. The lowest BCUT2D eigenvalue weighted by atomic mass is 10.2. The Balaban J connectivity index is 1.74. The lowest BCUT2D eigenvalue weighted by Crippen LogP contribution is -2.43. The number of fused-ring (bicyclic) bond motifs is 1. The van der Waals surface area contributed by atoms with E-state index >= 15 is 0 Å². The van der Waals surface area contributed by atoms with Crippen molar-refractivity contribution in [2.75, 3.05) is 31.2 Å². The lowest BCUT2D eigenvalue weighted by Gasteiger charge is -2.29. The molecule has 0 saturated carbocycles. The van der Waals surface area contributed by atoms with Crippen molar-refractivity contribution in [3.8, 4) is 0 Å². The minimum atomic E-state index is -0.175. The topological polar surface area (TPSA) is 58.6 Å². The molecule has 2 amide bonds. The molecule has 1 aliphatic heterocycles. The molecule has 146 valence electrons. The average molecular weight is 397 g/mol. The lowest BCUT2D eigenvalue weighted by molar-refractivity contribution is -0.122. The van der Waals surface area contributed by atoms with Crippen LogP contribution in [0.2, 0.25) is 0 Å². The molecule has 0 aromatic heterocycles. The molecule has 0 unspecified atom stereocenters. The van der Waals surface area contributed by atoms with Crippen LogP contribution in [0, 0.1) is 0 Å². The number of carbonyl (C=O) groups excluding carboxylic acids is 2. The van der Waals surface area contributed by atoms with Crippen LogP contribution in [0.15, 0.2) is 64.4 Å². The summed E-state index contributed by atoms with van der Waals surface area (Å²) in [5, 5.41) is 2.87. The Labute approximate surface area is 169 Å². The van der Waals surface area contributed by atoms with Crippen LogP contribution in [0.3, 0.4) is 0 Å². The number of hydrogen-bond acceptors (Lipinski definition) is 4. The number of thioether (sulfide) groups is 1. The van der Waals surface area contributed by atoms with Gasteiger partial charge in [0.2, 0.25) is 5.91 Å². The summed E-state index contributed by atoms with van der Waals surface area (Å²) < 4.78 is 5.27. The molecule has 1 N–H and O–H groups in total. The first-order valence-electron chi connectivity index (χ1n) is 9.39. The molecule has 2 aromatic rings. The van der Waals surface area contributed by atoms with Crippen molar-refractivity contribution in [1.29, 1.82) is 0 Å². The highest BCUT2D eigenvalue weighted by Gasteiger charge is 2.30. The minimum absolute atomic E-state index is 0.00281. The number of para-hydroxylation sites is 1. The highest BCUT2D eigenvalue weighted by molar-refractivity contribution is 8.04. The number of anilines is 1. The van der Waals surface area contributed by atoms with E-state index in [1.165, 1.54) is 11.8 Å². The van der Waals surface area contributed by atoms with Crippen molar-refractivity contribution in [3.63, 3.8) is 0 Å². The van der Waals surface area contributed by atoms with Crippen LogP contribution in [-0.4, -0.2) is 38.1 Å². The normalized spacial score (nSPS) is 14.8. The molecule has 28 heavy (non-hydrogen) atoms. The van der Waals surface area contributed by atoms with E-state index in [1.54, 1.807) is 4.90 Å². The Hall–Kier alpha value is -2.57. The monoisotopic (exact) mass is 396 g/mol. The first kappa shape index (κ1) is 20.2. The van der Waals surface area contributed by atoms with E-state index < -0.39 is 0 Å². The summed E-state index contributed by atoms with van der Waals surface area (Å²) >= 11 is 1.44. The maximum Gasteiger partial charge on any atom is 0.265 e. The number of nitrogens with zero attached hydrogens (tertiary/aromatic N) is 1. The van der Waals surface area contributed by atoms with Gasteiger partial charge in [0.15, 0.2) is 0 Å². The molecule has 5 nitrogen and oxygen atoms in total. The van der Waals surface area contributed by atoms with E-state index in [-0.39, 0.29) is 18.4 Å². The maximum atomic E-state index is 13.1. The summed E-state index contributed by atoms with van der Waals surface area (Å²) in [5.74, 6) is -0.331. The zero-order valence-corrected chi connectivity index (χ0v) is 16.7. The molecule has 0 radical (unpaired) electrons. The zero-order chi connectivity index (χ0) is 19.8. The number of hydrogen-bond donors (Lipinski definition) is 1. The van der Waals surface area contributed by atoms with Gasteiger partial charge in [-0.05, 0) is 37.1 Å². The first-order valence-corrected chi connectivity index (χ1v) is 10.2. The van der Waals surface area contributed by atoms with Gasteiger partial charge in [0.1, 0.15) is 6.54 Å². The Morgan fingerprint density at radius 2 is 1.89 bits per heavy atom. The SMILES string of the molecule is CCOCCCNC(=O)CN1C(=O)C(=Cc2ccccc2)Sc2ccccc21. The van der Waals surface area contributed by atoms with E-state index in [2.05, 4.69) is 5.32 Å². The summed E-state index contributed by atoms with van der Waals surface area (Å²) in [6.07, 6.45) is 2.62. The molecule has 0 atom stereocenters. The van der Waals surface area contributed by atoms with Crippen LogP contribution < -0.4 is 10.2 Å². The standard InChI is InChI=1S/C22H24N2O3S/c1-2-27-14-8-13-23-21(25)16-24-18-11-6-7-12-19(18)28-20(22(24)26)15-17-9-4-3-5-10-17/h3-7,9-12,15H,2,8,13-14,16H2,1H3,(H,23,25). The molecule has 1 aliphatic rings. The molecule has 3 rings (SSSR count). The largest absolute Gasteiger partial charge is 0.382 e. The minimum Gasteiger partial charge on any atom is -0.382 e. The van der Waals surface area contributed by atoms with E-state index in [4.69, 9.17) is 4.74 Å². The third kappa shape index (κ3) is 5.24. The molecule has 1 heterocycles. The van der Waals surface area contributed by atoms with Gasteiger partial charge in [-0.1, -0.05) is 54.2 Å². The van der Waals surface area contributed by atoms with Crippen molar-refractivity contribution in [1.82, 2.24) is 5.32 Å². The fraction of sp³-hybridized carbons (Fsp3) is 0.273. The van der Waals surface area contributed by atoms with Gasteiger partial charge in [-0.15, -0.1) is 0 Å². The number of amides is 2. The van der Waals surface area contributed by atoms with Crippen molar-refractivity contribution >= 4 is 35.3 Å². The number of rotatable bonds is 8. The van der Waals surface area contributed by atoms with E-state index in [0.717, 1.165) is 22.6 Å². The zero-order valence-electron chi connectivity index (χ0n) is 15.9. The van der Waals surface area contributed by atoms with Gasteiger partial charge < -0.3 is 10.1 Å². The second kappa shape index (κ2) is 10.1. The second-order valence-electron chi connectivity index (χ2n) is 6.28. The van der Waals surface area contributed by atoms with Gasteiger partial charge in [0, 0.05) is 24.7 Å². The fourth-order valence-corrected chi connectivity index (χ4v) is 3.92. The van der Waals surface area contributed by atoms with Crippen molar-refractivity contribution in [3.05, 3.63) is 65.1 Å². The smallest absolute Gasteiger partial charge is 0.265 e. The van der Waals surface area contributed by atoms with Gasteiger partial charge in [-0.2, -0.15) is 0 Å². The van der Waals surface area contributed by atoms with E-state index in [1.807, 2.05) is 67.6 Å². The molecular formula is C22H24N2O3S. The third-order valence-electron chi connectivity index (χ3n) is 4.22. The molecule has 6 heteroatoms. The summed E-state index contributed by atoms with van der Waals surface area (Å²) in [5.41, 5.74) is 1.73. The second-order valence-corrected chi connectivity index (χ2v) is 7.36. The van der Waals surface area contributed by atoms with Crippen LogP contribution in [0.1, 0.15) is 18.9 Å². The molecule has 2 aromatic carbocycles. The first-order chi connectivity index (χ1) is 13.7. The average Bonchev–Trinajstić information content (AvgIpc) is 2.71. The highest BCUT2D eigenvalue weighted by Crippen LogP contribution is 2.41. The fourth-order valence-electron chi connectivity index (χ4n) is 2.87. The van der Waals surface area contributed by atoms with Crippen molar-refractivity contribution in [2.45, 2.75) is 18.2 Å². The highest BCUT2D eigenvalue weighted by atomic mass is 32.2. The van der Waals surface area contributed by atoms with Gasteiger partial charge in [-0.3, -0.25) is 14.5 Å². The van der Waals surface area contributed by atoms with Crippen molar-refractivity contribution in [2.24, 2.45) is 0 Å². The van der Waals surface area contributed by atoms with Crippen molar-refractivity contribution < 1.29 is 14.3 Å². The summed E-state index contributed by atoms with van der Waals surface area (Å²) in [6.45, 7) is 3.75. The van der Waals surface area contributed by atoms with Crippen LogP contribution in [-0.2, 0) is 14.3 Å². The van der Waals surface area contributed by atoms with Gasteiger partial charge in [0.05, 0.1) is 10.6 Å². The number of benzene rings is 2. The Kier molecular flexibility index (Phi) is 7.28. The van der Waals surface area contributed by atoms with Crippen LogP contribution in [0.5, 0.6) is 0 Å². The van der Waals surface area contributed by atoms with Crippen LogP contribution >= 0.6 is 11.8 Å². The van der Waals surface area contributed by atoms with Gasteiger partial charge >= 0.3 is 0 Å². The summed E-state index contributed by atoms with van der Waals surface area (Å²) in [6, 6.07) is 17.4. The quantitative estimate of drug-likeness (QED) is 0.546. The molecule has 0 aliphatic carbocycles. The molecular weight excluding hydrogens is 372 g/mol. The number of nitrogens with one attached hydrogen (secondary N) is 1. The maximum absolute atomic E-state index is 13.1. The Bertz CT molecular complexity index is 852. The van der Waals surface area contributed by atoms with Crippen LogP contribution in [0.4, 0.5) is 5.69 Å². The number of ether oxygens (including phenoxy) is 1. The Morgan fingerprint density at radius 3 is 2.68 bits per heavy atom. The van der Waals surface area contributed by atoms with Crippen LogP contribution in [0.25, 0.3) is 6.08 Å². The number of carbonyl (C=O) groups is 2. The summed E-state index contributed by atoms with van der Waals surface area (Å²) in [4.78, 5) is 28.6. The Morgan fingerprint density at radius 1 is 1.14 bits per heavy atom. The summed E-state index contributed by atoms with van der Waals surface area (Å²) in [7, 11) is 0. The molecule has 0 fully saturated rings. The van der Waals surface area contributed by atoms with Gasteiger partial charge in [-0.25, -0.2) is 0 Å². The van der Waals surface area contributed by atoms with E-state index in [9.17, 15) is 9.59 Å². The predicted octanol–water partition coefficient (Wildman–Crippen LogP) is 3.71. The molecule has 0 spiro atoms.